The molecule has 2 fully saturated rings. The van der Waals surface area contributed by atoms with Gasteiger partial charge in [-0.3, -0.25) is 0 Å². The molecule has 21 heavy (non-hydrogen) atoms. The van der Waals surface area contributed by atoms with Crippen LogP contribution in [0.4, 0.5) is 0 Å². The number of fused-ring (bicyclic) bond motifs is 2. The van der Waals surface area contributed by atoms with Crippen LogP contribution in [0.2, 0.25) is 0 Å². The van der Waals surface area contributed by atoms with Crippen LogP contribution in [0.25, 0.3) is 0 Å². The molecule has 1 aromatic rings. The van der Waals surface area contributed by atoms with Gasteiger partial charge in [-0.25, -0.2) is 8.42 Å². The van der Waals surface area contributed by atoms with E-state index < -0.39 is 10.0 Å². The lowest BCUT2D eigenvalue weighted by molar-refractivity contribution is 0.383. The summed E-state index contributed by atoms with van der Waals surface area (Å²) in [5.41, 5.74) is 0.841. The Morgan fingerprint density at radius 2 is 2.00 bits per heavy atom. The van der Waals surface area contributed by atoms with E-state index >= 15 is 0 Å². The zero-order valence-electron chi connectivity index (χ0n) is 12.5. The predicted octanol–water partition coefficient (Wildman–Crippen LogP) is 1.52. The first-order valence-electron chi connectivity index (χ1n) is 7.41. The van der Waals surface area contributed by atoms with Crippen LogP contribution in [-0.4, -0.2) is 45.0 Å². The Labute approximate surface area is 126 Å². The average Bonchev–Trinajstić information content (AvgIpc) is 2.77. The van der Waals surface area contributed by atoms with E-state index in [4.69, 9.17) is 4.74 Å². The highest BCUT2D eigenvalue weighted by molar-refractivity contribution is 7.89. The van der Waals surface area contributed by atoms with Crippen LogP contribution in [0.15, 0.2) is 23.1 Å². The predicted molar refractivity (Wildman–Crippen MR) is 81.1 cm³/mol. The highest BCUT2D eigenvalue weighted by Crippen LogP contribution is 2.27. The van der Waals surface area contributed by atoms with Gasteiger partial charge in [0.15, 0.2) is 0 Å². The van der Waals surface area contributed by atoms with Gasteiger partial charge < -0.3 is 10.1 Å². The summed E-state index contributed by atoms with van der Waals surface area (Å²) in [7, 11) is -1.83. The Hall–Kier alpha value is -1.11. The molecule has 0 radical (unpaired) electrons. The summed E-state index contributed by atoms with van der Waals surface area (Å²) in [6.45, 7) is 3.04. The SMILES string of the molecule is COc1ccc(S(=O)(=O)N2CCC3CCC(C2)N3)cc1C. The minimum atomic E-state index is -3.42. The van der Waals surface area contributed by atoms with E-state index in [2.05, 4.69) is 5.32 Å². The van der Waals surface area contributed by atoms with Crippen molar-refractivity contribution in [1.29, 1.82) is 0 Å². The van der Waals surface area contributed by atoms with Crippen LogP contribution >= 0.6 is 0 Å². The first-order valence-corrected chi connectivity index (χ1v) is 8.85. The second-order valence-corrected chi connectivity index (χ2v) is 7.86. The zero-order valence-corrected chi connectivity index (χ0v) is 13.3. The Bertz CT molecular complexity index is 630. The first kappa shape index (κ1) is 14.8. The third-order valence-electron chi connectivity index (χ3n) is 4.49. The molecule has 2 aliphatic rings. The third-order valence-corrected chi connectivity index (χ3v) is 6.35. The number of hydrogen-bond acceptors (Lipinski definition) is 4. The molecule has 6 heteroatoms. The Morgan fingerprint density at radius 3 is 2.71 bits per heavy atom. The minimum absolute atomic E-state index is 0.298. The lowest BCUT2D eigenvalue weighted by atomic mass is 10.1. The molecule has 2 heterocycles. The summed E-state index contributed by atoms with van der Waals surface area (Å²) in [6.07, 6.45) is 3.13. The largest absolute Gasteiger partial charge is 0.496 e. The maximum absolute atomic E-state index is 12.8. The molecule has 116 valence electrons. The quantitative estimate of drug-likeness (QED) is 0.919. The number of hydrogen-bond donors (Lipinski definition) is 1. The molecule has 1 aromatic carbocycles. The van der Waals surface area contributed by atoms with E-state index in [9.17, 15) is 8.42 Å². The van der Waals surface area contributed by atoms with Gasteiger partial charge in [0.05, 0.1) is 12.0 Å². The Balaban J connectivity index is 1.87. The number of benzene rings is 1. The number of methoxy groups -OCH3 is 1. The van der Waals surface area contributed by atoms with Crippen LogP contribution in [0.1, 0.15) is 24.8 Å². The van der Waals surface area contributed by atoms with Crippen molar-refractivity contribution in [3.8, 4) is 5.75 Å². The number of aryl methyl sites for hydroxylation is 1. The van der Waals surface area contributed by atoms with Gasteiger partial charge in [0.25, 0.3) is 0 Å². The summed E-state index contributed by atoms with van der Waals surface area (Å²) in [4.78, 5) is 0.360. The summed E-state index contributed by atoms with van der Waals surface area (Å²) < 4.78 is 32.5. The van der Waals surface area contributed by atoms with Crippen molar-refractivity contribution in [2.75, 3.05) is 20.2 Å². The normalized spacial score (nSPS) is 26.6. The van der Waals surface area contributed by atoms with Gasteiger partial charge in [0, 0.05) is 25.2 Å². The van der Waals surface area contributed by atoms with Crippen LogP contribution < -0.4 is 10.1 Å². The molecule has 2 aliphatic heterocycles. The molecule has 2 atom stereocenters. The molecule has 0 aromatic heterocycles. The molecule has 5 nitrogen and oxygen atoms in total. The number of ether oxygens (including phenoxy) is 1. The van der Waals surface area contributed by atoms with E-state index in [1.54, 1.807) is 29.6 Å². The van der Waals surface area contributed by atoms with Crippen LogP contribution in [0.3, 0.4) is 0 Å². The maximum atomic E-state index is 12.8. The lowest BCUT2D eigenvalue weighted by Gasteiger charge is -2.24. The minimum Gasteiger partial charge on any atom is -0.496 e. The number of sulfonamides is 1. The molecule has 0 spiro atoms. The Morgan fingerprint density at radius 1 is 1.24 bits per heavy atom. The van der Waals surface area contributed by atoms with Crippen molar-refractivity contribution in [2.45, 2.75) is 43.2 Å². The van der Waals surface area contributed by atoms with Crippen molar-refractivity contribution < 1.29 is 13.2 Å². The second kappa shape index (κ2) is 5.59. The van der Waals surface area contributed by atoms with E-state index in [0.29, 0.717) is 35.8 Å². The highest BCUT2D eigenvalue weighted by atomic mass is 32.2. The van der Waals surface area contributed by atoms with Crippen LogP contribution in [0.5, 0.6) is 5.75 Å². The van der Waals surface area contributed by atoms with Gasteiger partial charge in [-0.2, -0.15) is 4.31 Å². The van der Waals surface area contributed by atoms with Gasteiger partial charge >= 0.3 is 0 Å². The van der Waals surface area contributed by atoms with E-state index in [1.165, 1.54) is 6.42 Å². The molecule has 1 N–H and O–H groups in total. The molecular formula is C15H22N2O3S. The second-order valence-electron chi connectivity index (χ2n) is 5.92. The van der Waals surface area contributed by atoms with Crippen molar-refractivity contribution in [2.24, 2.45) is 0 Å². The fourth-order valence-corrected chi connectivity index (χ4v) is 4.88. The fraction of sp³-hybridized carbons (Fsp3) is 0.600. The molecule has 3 rings (SSSR count). The first-order chi connectivity index (χ1) is 10.0. The Kier molecular flexibility index (Phi) is 3.94. The summed E-state index contributed by atoms with van der Waals surface area (Å²) in [6, 6.07) is 5.84. The monoisotopic (exact) mass is 310 g/mol. The highest BCUT2D eigenvalue weighted by Gasteiger charge is 2.34. The molecular weight excluding hydrogens is 288 g/mol. The molecule has 2 bridgehead atoms. The van der Waals surface area contributed by atoms with Gasteiger partial charge in [-0.15, -0.1) is 0 Å². The lowest BCUT2D eigenvalue weighted by Crippen LogP contribution is -2.39. The van der Waals surface area contributed by atoms with Crippen LogP contribution in [-0.2, 0) is 10.0 Å². The zero-order chi connectivity index (χ0) is 15.0. The van der Waals surface area contributed by atoms with Gasteiger partial charge in [-0.1, -0.05) is 0 Å². The van der Waals surface area contributed by atoms with E-state index in [1.807, 2.05) is 6.92 Å². The summed E-state index contributed by atoms with van der Waals surface area (Å²) in [5.74, 6) is 0.713. The topological polar surface area (TPSA) is 58.6 Å². The number of nitrogens with zero attached hydrogens (tertiary/aromatic N) is 1. The smallest absolute Gasteiger partial charge is 0.243 e. The van der Waals surface area contributed by atoms with Crippen molar-refractivity contribution in [3.05, 3.63) is 23.8 Å². The third kappa shape index (κ3) is 2.80. The van der Waals surface area contributed by atoms with Crippen LogP contribution in [0, 0.1) is 6.92 Å². The van der Waals surface area contributed by atoms with E-state index in [-0.39, 0.29) is 0 Å². The molecule has 0 aliphatic carbocycles. The molecule has 0 saturated carbocycles. The van der Waals surface area contributed by atoms with Gasteiger partial charge in [0.1, 0.15) is 5.75 Å². The van der Waals surface area contributed by atoms with Crippen molar-refractivity contribution in [3.63, 3.8) is 0 Å². The standard InChI is InChI=1S/C15H22N2O3S/c1-11-9-14(5-6-15(11)20-2)21(18,19)17-8-7-12-3-4-13(10-17)16-12/h5-6,9,12-13,16H,3-4,7-8,10H2,1-2H3. The van der Waals surface area contributed by atoms with Gasteiger partial charge in [0.2, 0.25) is 10.0 Å². The van der Waals surface area contributed by atoms with Gasteiger partial charge in [-0.05, 0) is 49.9 Å². The summed E-state index contributed by atoms with van der Waals surface area (Å²) >= 11 is 0. The van der Waals surface area contributed by atoms with Crippen molar-refractivity contribution >= 4 is 10.0 Å². The van der Waals surface area contributed by atoms with Crippen molar-refractivity contribution in [1.82, 2.24) is 9.62 Å². The molecule has 2 saturated heterocycles. The molecule has 0 amide bonds. The fourth-order valence-electron chi connectivity index (χ4n) is 3.29. The number of nitrogens with one attached hydrogen (secondary N) is 1. The maximum Gasteiger partial charge on any atom is 0.243 e. The van der Waals surface area contributed by atoms with E-state index in [0.717, 1.165) is 18.4 Å². The molecule has 2 unspecified atom stereocenters. The average molecular weight is 310 g/mol. The summed E-state index contributed by atoms with van der Waals surface area (Å²) in [5, 5.41) is 3.51. The number of rotatable bonds is 3.